The molecule has 3 aromatic rings. The Bertz CT molecular complexity index is 1090. The number of amides is 1. The molecule has 1 aliphatic rings. The van der Waals surface area contributed by atoms with Gasteiger partial charge in [0.25, 0.3) is 0 Å². The second-order valence-electron chi connectivity index (χ2n) is 6.52. The van der Waals surface area contributed by atoms with Crippen LogP contribution >= 0.6 is 0 Å². The van der Waals surface area contributed by atoms with Crippen LogP contribution in [0, 0.1) is 0 Å². The van der Waals surface area contributed by atoms with Gasteiger partial charge in [0.05, 0.1) is 23.7 Å². The van der Waals surface area contributed by atoms with Crippen molar-refractivity contribution in [3.8, 4) is 22.9 Å². The summed E-state index contributed by atoms with van der Waals surface area (Å²) < 4.78 is 5.31. The number of aromatic hydroxyl groups is 1. The van der Waals surface area contributed by atoms with E-state index in [9.17, 15) is 14.7 Å². The molecule has 26 heavy (non-hydrogen) atoms. The van der Waals surface area contributed by atoms with E-state index in [1.807, 2.05) is 0 Å². The molecule has 0 bridgehead atoms. The number of aromatic nitrogens is 2. The molecule has 3 N–H and O–H groups in total. The average molecular weight is 351 g/mol. The maximum absolute atomic E-state index is 12.3. The van der Waals surface area contributed by atoms with Gasteiger partial charge in [-0.25, -0.2) is 4.98 Å². The van der Waals surface area contributed by atoms with Crippen LogP contribution in [-0.2, 0) is 15.0 Å². The average Bonchev–Trinajstić information content (AvgIpc) is 3.12. The van der Waals surface area contributed by atoms with Gasteiger partial charge < -0.3 is 20.1 Å². The Hall–Kier alpha value is -3.35. The molecule has 0 spiro atoms. The van der Waals surface area contributed by atoms with Crippen LogP contribution in [0.25, 0.3) is 22.4 Å². The number of nitrogens with zero attached hydrogens (tertiary/aromatic N) is 1. The van der Waals surface area contributed by atoms with Gasteiger partial charge in [0.1, 0.15) is 28.5 Å². The van der Waals surface area contributed by atoms with Gasteiger partial charge in [-0.3, -0.25) is 9.59 Å². The van der Waals surface area contributed by atoms with Gasteiger partial charge in [0.15, 0.2) is 0 Å². The highest BCUT2D eigenvalue weighted by Gasteiger charge is 2.47. The number of fused-ring (bicyclic) bond motifs is 2. The van der Waals surface area contributed by atoms with Crippen molar-refractivity contribution in [3.05, 3.63) is 35.9 Å². The molecule has 132 valence electrons. The predicted octanol–water partition coefficient (Wildman–Crippen LogP) is 2.74. The quantitative estimate of drug-likeness (QED) is 0.630. The number of Topliss-reactive ketones (excluding diaryl/α,β-unsaturated/α-hetero) is 1. The zero-order valence-electron chi connectivity index (χ0n) is 14.5. The Labute approximate surface area is 149 Å². The number of hydrogen-bond acceptors (Lipinski definition) is 5. The summed E-state index contributed by atoms with van der Waals surface area (Å²) in [5, 5.41) is 12.4. The van der Waals surface area contributed by atoms with E-state index in [-0.39, 0.29) is 17.4 Å². The molecule has 1 amide bonds. The monoisotopic (exact) mass is 351 g/mol. The lowest BCUT2D eigenvalue weighted by molar-refractivity contribution is -0.130. The molecule has 0 fully saturated rings. The maximum Gasteiger partial charge on any atom is 0.242 e. The minimum atomic E-state index is -1.20. The van der Waals surface area contributed by atoms with Gasteiger partial charge in [-0.2, -0.15) is 0 Å². The fourth-order valence-corrected chi connectivity index (χ4v) is 3.30. The number of ketones is 1. The van der Waals surface area contributed by atoms with Gasteiger partial charge in [-0.05, 0) is 38.1 Å². The van der Waals surface area contributed by atoms with Gasteiger partial charge in [-0.1, -0.05) is 0 Å². The number of imidazole rings is 1. The highest BCUT2D eigenvalue weighted by molar-refractivity contribution is 6.21. The fraction of sp³-hybridized carbons (Fsp3) is 0.211. The molecule has 0 radical (unpaired) electrons. The molecule has 0 aliphatic carbocycles. The summed E-state index contributed by atoms with van der Waals surface area (Å²) in [6.07, 6.45) is 0. The minimum Gasteiger partial charge on any atom is -0.508 e. The molecule has 0 saturated heterocycles. The number of phenols is 1. The van der Waals surface area contributed by atoms with E-state index in [0.29, 0.717) is 39.4 Å². The van der Waals surface area contributed by atoms with E-state index in [1.165, 1.54) is 20.1 Å². The largest absolute Gasteiger partial charge is 0.508 e. The molecule has 7 heteroatoms. The number of ether oxygens (including phenoxy) is 1. The van der Waals surface area contributed by atoms with E-state index in [1.54, 1.807) is 31.2 Å². The van der Waals surface area contributed by atoms with Gasteiger partial charge in [0.2, 0.25) is 5.91 Å². The van der Waals surface area contributed by atoms with E-state index in [0.717, 1.165) is 0 Å². The number of anilines is 1. The third-order valence-electron chi connectivity index (χ3n) is 5.01. The second kappa shape index (κ2) is 5.32. The first kappa shape index (κ1) is 16.1. The van der Waals surface area contributed by atoms with Crippen LogP contribution in [0.1, 0.15) is 19.4 Å². The Balaban J connectivity index is 1.89. The van der Waals surface area contributed by atoms with Gasteiger partial charge in [-0.15, -0.1) is 0 Å². The van der Waals surface area contributed by atoms with Crippen molar-refractivity contribution in [3.63, 3.8) is 0 Å². The summed E-state index contributed by atoms with van der Waals surface area (Å²) in [5.41, 5.74) is 2.08. The summed E-state index contributed by atoms with van der Waals surface area (Å²) in [4.78, 5) is 32.2. The number of hydrogen-bond donors (Lipinski definition) is 3. The SMILES string of the molecule is COc1cc(O)ccc1-c1nc2cc3c(cc2[nH]1)C(C)(C(C)=O)C(=O)N3. The minimum absolute atomic E-state index is 0.0978. The number of H-pyrrole nitrogens is 1. The van der Waals surface area contributed by atoms with Crippen LogP contribution in [0.5, 0.6) is 11.5 Å². The fourth-order valence-electron chi connectivity index (χ4n) is 3.30. The highest BCUT2D eigenvalue weighted by atomic mass is 16.5. The molecule has 1 aromatic heterocycles. The number of rotatable bonds is 3. The van der Waals surface area contributed by atoms with Crippen molar-refractivity contribution in [1.29, 1.82) is 0 Å². The predicted molar refractivity (Wildman–Crippen MR) is 96.4 cm³/mol. The highest BCUT2D eigenvalue weighted by Crippen LogP contribution is 2.41. The Morgan fingerprint density at radius 2 is 2.04 bits per heavy atom. The number of nitrogens with one attached hydrogen (secondary N) is 2. The third kappa shape index (κ3) is 2.10. The summed E-state index contributed by atoms with van der Waals surface area (Å²) in [6.45, 7) is 3.04. The lowest BCUT2D eigenvalue weighted by Crippen LogP contribution is -2.37. The molecule has 1 aliphatic heterocycles. The van der Waals surface area contributed by atoms with Crippen LogP contribution < -0.4 is 10.1 Å². The number of benzene rings is 2. The van der Waals surface area contributed by atoms with Crippen molar-refractivity contribution >= 4 is 28.4 Å². The maximum atomic E-state index is 12.3. The Kier molecular flexibility index (Phi) is 3.30. The Morgan fingerprint density at radius 1 is 1.27 bits per heavy atom. The molecule has 2 heterocycles. The van der Waals surface area contributed by atoms with Crippen LogP contribution in [0.3, 0.4) is 0 Å². The molecule has 0 saturated carbocycles. The smallest absolute Gasteiger partial charge is 0.242 e. The van der Waals surface area contributed by atoms with E-state index in [2.05, 4.69) is 15.3 Å². The first-order valence-corrected chi connectivity index (χ1v) is 8.08. The summed E-state index contributed by atoms with van der Waals surface area (Å²) in [7, 11) is 1.52. The molecule has 7 nitrogen and oxygen atoms in total. The van der Waals surface area contributed by atoms with Crippen molar-refractivity contribution in [2.45, 2.75) is 19.3 Å². The molecule has 2 aromatic carbocycles. The zero-order chi connectivity index (χ0) is 18.6. The van der Waals surface area contributed by atoms with Crippen molar-refractivity contribution < 1.29 is 19.4 Å². The lowest BCUT2D eigenvalue weighted by atomic mass is 9.80. The van der Waals surface area contributed by atoms with Gasteiger partial charge >= 0.3 is 0 Å². The van der Waals surface area contributed by atoms with Crippen LogP contribution in [0.15, 0.2) is 30.3 Å². The summed E-state index contributed by atoms with van der Waals surface area (Å²) in [6, 6.07) is 8.31. The number of carbonyl (C=O) groups excluding carboxylic acids is 2. The topological polar surface area (TPSA) is 104 Å². The molecule has 1 atom stereocenters. The summed E-state index contributed by atoms with van der Waals surface area (Å²) >= 11 is 0. The first-order valence-electron chi connectivity index (χ1n) is 8.08. The number of phenolic OH excluding ortho intramolecular Hbond substituents is 1. The van der Waals surface area contributed by atoms with E-state index < -0.39 is 5.41 Å². The van der Waals surface area contributed by atoms with Crippen LogP contribution in [-0.4, -0.2) is 33.9 Å². The van der Waals surface area contributed by atoms with E-state index >= 15 is 0 Å². The van der Waals surface area contributed by atoms with Crippen LogP contribution in [0.4, 0.5) is 5.69 Å². The standard InChI is InChI=1S/C19H17N3O4/c1-9(23)19(2)12-7-14-15(8-13(12)22-18(19)25)21-17(20-14)11-5-4-10(24)6-16(11)26-3/h4-8,24H,1-3H3,(H,20,21)(H,22,25). The normalized spacial score (nSPS) is 18.7. The van der Waals surface area contributed by atoms with Crippen molar-refractivity contribution in [2.75, 3.05) is 12.4 Å². The first-order chi connectivity index (χ1) is 12.3. The summed E-state index contributed by atoms with van der Waals surface area (Å²) in [5.74, 6) is 0.608. The molecule has 1 unspecified atom stereocenters. The van der Waals surface area contributed by atoms with E-state index in [4.69, 9.17) is 4.74 Å². The molecular weight excluding hydrogens is 334 g/mol. The number of carbonyl (C=O) groups is 2. The van der Waals surface area contributed by atoms with Gasteiger partial charge in [0, 0.05) is 17.3 Å². The lowest BCUT2D eigenvalue weighted by Gasteiger charge is -2.17. The number of aromatic amines is 1. The number of methoxy groups -OCH3 is 1. The van der Waals surface area contributed by atoms with Crippen molar-refractivity contribution in [1.82, 2.24) is 9.97 Å². The zero-order valence-corrected chi connectivity index (χ0v) is 14.5. The molecule has 4 rings (SSSR count). The van der Waals surface area contributed by atoms with Crippen LogP contribution in [0.2, 0.25) is 0 Å². The van der Waals surface area contributed by atoms with Crippen molar-refractivity contribution in [2.24, 2.45) is 0 Å². The molecular formula is C19H17N3O4. The third-order valence-corrected chi connectivity index (χ3v) is 5.01. The Morgan fingerprint density at radius 3 is 2.73 bits per heavy atom. The second-order valence-corrected chi connectivity index (χ2v) is 6.52.